The lowest BCUT2D eigenvalue weighted by atomic mass is 10.0. The van der Waals surface area contributed by atoms with Crippen molar-refractivity contribution in [2.75, 3.05) is 14.2 Å². The number of benzene rings is 2. The van der Waals surface area contributed by atoms with Gasteiger partial charge in [0.2, 0.25) is 0 Å². The summed E-state index contributed by atoms with van der Waals surface area (Å²) >= 11 is 1.50. The zero-order valence-electron chi connectivity index (χ0n) is 18.3. The smallest absolute Gasteiger partial charge is 0.252 e. The number of hydrogen-bond acceptors (Lipinski definition) is 6. The van der Waals surface area contributed by atoms with Gasteiger partial charge in [0, 0.05) is 17.2 Å². The number of amides is 1. The van der Waals surface area contributed by atoms with Gasteiger partial charge in [0.05, 0.1) is 32.2 Å². The Bertz CT molecular complexity index is 1250. The molecule has 2 aromatic heterocycles. The topological polar surface area (TPSA) is 73.3 Å². The van der Waals surface area contributed by atoms with Crippen LogP contribution in [0.4, 0.5) is 0 Å². The van der Waals surface area contributed by atoms with E-state index >= 15 is 0 Å². The Kier molecular flexibility index (Phi) is 7.12. The van der Waals surface area contributed by atoms with Gasteiger partial charge in [-0.3, -0.25) is 9.78 Å². The van der Waals surface area contributed by atoms with Crippen LogP contribution >= 0.6 is 11.3 Å². The highest BCUT2D eigenvalue weighted by Crippen LogP contribution is 2.29. The summed E-state index contributed by atoms with van der Waals surface area (Å²) < 4.78 is 10.7. The molecule has 1 amide bonds. The van der Waals surface area contributed by atoms with E-state index in [2.05, 4.69) is 15.3 Å². The lowest BCUT2D eigenvalue weighted by molar-refractivity contribution is -0.115. The van der Waals surface area contributed by atoms with Crippen molar-refractivity contribution in [2.24, 2.45) is 0 Å². The molecule has 2 heterocycles. The minimum atomic E-state index is -0.191. The molecular formula is C26H23N3O3S. The summed E-state index contributed by atoms with van der Waals surface area (Å²) in [6.07, 6.45) is 3.58. The molecule has 7 heteroatoms. The van der Waals surface area contributed by atoms with E-state index in [4.69, 9.17) is 9.47 Å². The minimum Gasteiger partial charge on any atom is -0.493 e. The predicted molar refractivity (Wildman–Crippen MR) is 131 cm³/mol. The van der Waals surface area contributed by atoms with Gasteiger partial charge < -0.3 is 14.8 Å². The molecule has 1 N–H and O–H groups in total. The quantitative estimate of drug-likeness (QED) is 0.295. The molecule has 0 aliphatic heterocycles. The Balaban J connectivity index is 1.56. The van der Waals surface area contributed by atoms with Gasteiger partial charge in [-0.15, -0.1) is 11.3 Å². The number of hydrogen-bond donors (Lipinski definition) is 1. The summed E-state index contributed by atoms with van der Waals surface area (Å²) in [5, 5.41) is 5.75. The van der Waals surface area contributed by atoms with Crippen LogP contribution in [0.15, 0.2) is 78.3 Å². The Morgan fingerprint density at radius 3 is 2.52 bits per heavy atom. The molecule has 0 aliphatic rings. The van der Waals surface area contributed by atoms with E-state index in [-0.39, 0.29) is 5.91 Å². The Labute approximate surface area is 196 Å². The monoisotopic (exact) mass is 457 g/mol. The molecule has 6 nitrogen and oxygen atoms in total. The van der Waals surface area contributed by atoms with Crippen LogP contribution in [-0.2, 0) is 11.3 Å². The zero-order valence-corrected chi connectivity index (χ0v) is 19.1. The van der Waals surface area contributed by atoms with Gasteiger partial charge in [-0.25, -0.2) is 4.98 Å². The fraction of sp³-hybridized carbons (Fsp3) is 0.115. The number of aromatic nitrogens is 2. The maximum absolute atomic E-state index is 13.2. The van der Waals surface area contributed by atoms with Crippen LogP contribution in [0, 0.1) is 0 Å². The first kappa shape index (κ1) is 22.2. The Morgan fingerprint density at radius 1 is 1.00 bits per heavy atom. The number of pyridine rings is 1. The van der Waals surface area contributed by atoms with Crippen LogP contribution in [0.2, 0.25) is 0 Å². The summed E-state index contributed by atoms with van der Waals surface area (Å²) in [4.78, 5) is 22.1. The molecule has 0 spiro atoms. The first-order valence-corrected chi connectivity index (χ1v) is 11.2. The first-order chi connectivity index (χ1) is 16.2. The molecule has 0 atom stereocenters. The number of nitrogens with one attached hydrogen (secondary N) is 1. The second-order valence-corrected chi connectivity index (χ2v) is 7.94. The van der Waals surface area contributed by atoms with Crippen molar-refractivity contribution in [2.45, 2.75) is 6.54 Å². The van der Waals surface area contributed by atoms with E-state index in [1.807, 2.05) is 78.2 Å². The van der Waals surface area contributed by atoms with E-state index < -0.39 is 0 Å². The number of methoxy groups -OCH3 is 2. The third kappa shape index (κ3) is 5.45. The van der Waals surface area contributed by atoms with E-state index in [0.717, 1.165) is 27.5 Å². The van der Waals surface area contributed by atoms with Crippen molar-refractivity contribution in [3.63, 3.8) is 0 Å². The van der Waals surface area contributed by atoms with Gasteiger partial charge in [-0.2, -0.15) is 0 Å². The molecule has 0 fully saturated rings. The molecule has 2 aromatic carbocycles. The third-order valence-corrected chi connectivity index (χ3v) is 5.83. The summed E-state index contributed by atoms with van der Waals surface area (Å²) in [5.74, 6) is 1.04. The van der Waals surface area contributed by atoms with Gasteiger partial charge in [0.15, 0.2) is 11.5 Å². The van der Waals surface area contributed by atoms with E-state index in [1.165, 1.54) is 11.3 Å². The zero-order chi connectivity index (χ0) is 23.0. The van der Waals surface area contributed by atoms with Crippen molar-refractivity contribution >= 4 is 28.9 Å². The van der Waals surface area contributed by atoms with Crippen molar-refractivity contribution in [1.29, 1.82) is 0 Å². The molecule has 0 saturated heterocycles. The SMILES string of the molecule is COc1ccc(/C=C(/C(=O)NCc2csc(-c3ccccn3)n2)c2ccccc2)cc1OC. The molecule has 33 heavy (non-hydrogen) atoms. The van der Waals surface area contributed by atoms with Crippen molar-refractivity contribution in [1.82, 2.24) is 15.3 Å². The molecular weight excluding hydrogens is 434 g/mol. The van der Waals surface area contributed by atoms with Crippen LogP contribution in [0.1, 0.15) is 16.8 Å². The first-order valence-electron chi connectivity index (χ1n) is 10.3. The van der Waals surface area contributed by atoms with Gasteiger partial charge in [-0.05, 0) is 41.5 Å². The van der Waals surface area contributed by atoms with Crippen LogP contribution < -0.4 is 14.8 Å². The van der Waals surface area contributed by atoms with E-state index in [0.29, 0.717) is 23.6 Å². The minimum absolute atomic E-state index is 0.191. The summed E-state index contributed by atoms with van der Waals surface area (Å²) in [6.45, 7) is 0.318. The van der Waals surface area contributed by atoms with Gasteiger partial charge in [-0.1, -0.05) is 42.5 Å². The molecule has 0 saturated carbocycles. The van der Waals surface area contributed by atoms with Crippen LogP contribution in [0.3, 0.4) is 0 Å². The van der Waals surface area contributed by atoms with Crippen molar-refractivity contribution in [3.05, 3.63) is 95.1 Å². The highest BCUT2D eigenvalue weighted by Gasteiger charge is 2.14. The number of rotatable bonds is 8. The lowest BCUT2D eigenvalue weighted by Crippen LogP contribution is -2.24. The van der Waals surface area contributed by atoms with E-state index in [1.54, 1.807) is 20.4 Å². The predicted octanol–water partition coefficient (Wildman–Crippen LogP) is 5.08. The molecule has 4 aromatic rings. The second kappa shape index (κ2) is 10.6. The van der Waals surface area contributed by atoms with Crippen LogP contribution in [0.5, 0.6) is 11.5 Å². The number of nitrogens with zero attached hydrogens (tertiary/aromatic N) is 2. The number of ether oxygens (including phenoxy) is 2. The fourth-order valence-electron chi connectivity index (χ4n) is 3.27. The molecule has 0 bridgehead atoms. The van der Waals surface area contributed by atoms with Gasteiger partial charge >= 0.3 is 0 Å². The summed E-state index contributed by atoms with van der Waals surface area (Å²) in [6, 6.07) is 20.8. The molecule has 166 valence electrons. The molecule has 4 rings (SSSR count). The highest BCUT2D eigenvalue weighted by molar-refractivity contribution is 7.13. The van der Waals surface area contributed by atoms with Crippen LogP contribution in [0.25, 0.3) is 22.4 Å². The molecule has 0 aliphatic carbocycles. The third-order valence-electron chi connectivity index (χ3n) is 4.91. The number of carbonyl (C=O) groups excluding carboxylic acids is 1. The highest BCUT2D eigenvalue weighted by atomic mass is 32.1. The van der Waals surface area contributed by atoms with E-state index in [9.17, 15) is 4.79 Å². The summed E-state index contributed by atoms with van der Waals surface area (Å²) in [7, 11) is 3.18. The average molecular weight is 458 g/mol. The molecule has 0 unspecified atom stereocenters. The number of carbonyl (C=O) groups is 1. The second-order valence-electron chi connectivity index (χ2n) is 7.08. The van der Waals surface area contributed by atoms with Gasteiger partial charge in [0.25, 0.3) is 5.91 Å². The Morgan fingerprint density at radius 2 is 1.79 bits per heavy atom. The standard InChI is InChI=1S/C26H23N3O3S/c1-31-23-12-11-18(15-24(23)32-2)14-21(19-8-4-3-5-9-19)25(30)28-16-20-17-33-26(29-20)22-10-6-7-13-27-22/h3-15,17H,16H2,1-2H3,(H,28,30)/b21-14+. The maximum atomic E-state index is 13.2. The Hall–Kier alpha value is -3.97. The number of thiazole rings is 1. The van der Waals surface area contributed by atoms with Crippen molar-refractivity contribution < 1.29 is 14.3 Å². The van der Waals surface area contributed by atoms with Crippen LogP contribution in [-0.4, -0.2) is 30.1 Å². The van der Waals surface area contributed by atoms with Gasteiger partial charge in [0.1, 0.15) is 5.01 Å². The average Bonchev–Trinajstić information content (AvgIpc) is 3.36. The van der Waals surface area contributed by atoms with Crippen molar-refractivity contribution in [3.8, 4) is 22.2 Å². The fourth-order valence-corrected chi connectivity index (χ4v) is 4.06. The maximum Gasteiger partial charge on any atom is 0.252 e. The lowest BCUT2D eigenvalue weighted by Gasteiger charge is -2.11. The summed E-state index contributed by atoms with van der Waals surface area (Å²) in [5.41, 5.74) is 3.79. The normalized spacial score (nSPS) is 11.2. The largest absolute Gasteiger partial charge is 0.493 e. The molecule has 0 radical (unpaired) electrons.